The minimum atomic E-state index is -0.392. The molecule has 5 rings (SSSR count). The van der Waals surface area contributed by atoms with Crippen LogP contribution in [0.2, 0.25) is 0 Å². The lowest BCUT2D eigenvalue weighted by atomic mass is 10.1. The van der Waals surface area contributed by atoms with Gasteiger partial charge in [-0.15, -0.1) is 10.2 Å². The minimum absolute atomic E-state index is 0.0288. The number of fused-ring (bicyclic) bond motifs is 1. The third kappa shape index (κ3) is 7.70. The molecule has 13 nitrogen and oxygen atoms in total. The Bertz CT molecular complexity index is 1970. The van der Waals surface area contributed by atoms with E-state index in [9.17, 15) is 4.79 Å². The molecule has 0 radical (unpaired) electrons. The summed E-state index contributed by atoms with van der Waals surface area (Å²) in [6.45, 7) is 2.09. The highest BCUT2D eigenvalue weighted by atomic mass is 32.2. The number of aromatic nitrogens is 3. The number of thioether (sulfide) groups is 1. The molecule has 0 spiro atoms. The summed E-state index contributed by atoms with van der Waals surface area (Å²) in [5.41, 5.74) is 1.29. The molecule has 49 heavy (non-hydrogen) atoms. The fourth-order valence-corrected chi connectivity index (χ4v) is 5.90. The molecule has 258 valence electrons. The average molecular weight is 691 g/mol. The molecule has 0 bridgehead atoms. The highest BCUT2D eigenvalue weighted by Gasteiger charge is 2.24. The Morgan fingerprint density at radius 2 is 1.49 bits per heavy atom. The van der Waals surface area contributed by atoms with E-state index in [0.29, 0.717) is 51.7 Å². The molecule has 0 fully saturated rings. The molecule has 5 aromatic rings. The Labute approximate surface area is 287 Å². The Morgan fingerprint density at radius 3 is 2.12 bits per heavy atom. The van der Waals surface area contributed by atoms with Crippen molar-refractivity contribution < 1.29 is 37.6 Å². The zero-order valence-corrected chi connectivity index (χ0v) is 29.2. The van der Waals surface area contributed by atoms with Crippen LogP contribution in [0.4, 0.5) is 0 Å². The molecule has 0 aliphatic carbocycles. The Balaban J connectivity index is 1.35. The quantitative estimate of drug-likeness (QED) is 0.0658. The average Bonchev–Trinajstić information content (AvgIpc) is 3.49. The van der Waals surface area contributed by atoms with E-state index in [2.05, 4.69) is 15.3 Å². The zero-order chi connectivity index (χ0) is 34.9. The molecule has 3 aromatic carbocycles. The van der Waals surface area contributed by atoms with E-state index in [4.69, 9.17) is 37.6 Å². The highest BCUT2D eigenvalue weighted by Crippen LogP contribution is 2.44. The van der Waals surface area contributed by atoms with Gasteiger partial charge in [0.2, 0.25) is 22.1 Å². The van der Waals surface area contributed by atoms with Gasteiger partial charge in [0, 0.05) is 23.4 Å². The molecule has 0 N–H and O–H groups in total. The van der Waals surface area contributed by atoms with Crippen molar-refractivity contribution in [2.75, 3.05) is 55.0 Å². The van der Waals surface area contributed by atoms with Crippen LogP contribution < -0.4 is 38.6 Å². The van der Waals surface area contributed by atoms with Crippen molar-refractivity contribution in [2.24, 2.45) is 5.10 Å². The monoisotopic (exact) mass is 690 g/mol. The number of hydrogen-bond donors (Lipinski definition) is 0. The second-order valence-electron chi connectivity index (χ2n) is 10.5. The third-order valence-corrected chi connectivity index (χ3v) is 8.50. The number of methoxy groups -OCH3 is 6. The molecule has 2 heterocycles. The van der Waals surface area contributed by atoms with E-state index in [1.54, 1.807) is 42.3 Å². The van der Waals surface area contributed by atoms with Crippen molar-refractivity contribution in [3.8, 4) is 51.6 Å². The lowest BCUT2D eigenvalue weighted by Gasteiger charge is -2.17. The zero-order valence-electron chi connectivity index (χ0n) is 28.4. The van der Waals surface area contributed by atoms with Crippen molar-refractivity contribution in [2.45, 2.75) is 24.9 Å². The summed E-state index contributed by atoms with van der Waals surface area (Å²) in [7, 11) is 9.17. The predicted octanol–water partition coefficient (Wildman–Crippen LogP) is 6.25. The van der Waals surface area contributed by atoms with Crippen LogP contribution in [0.15, 0.2) is 68.0 Å². The summed E-state index contributed by atoms with van der Waals surface area (Å²) in [6, 6.07) is 14.2. The van der Waals surface area contributed by atoms with Crippen molar-refractivity contribution >= 4 is 28.9 Å². The van der Waals surface area contributed by atoms with Crippen LogP contribution in [-0.4, -0.2) is 76.1 Å². The SMILES string of the molecule is COc1ccc(C=Nn2c(C)nnc2SCCCCOc2c(-c3cc(OC)c(OC)c(OC)c3)oc3cc(OC)cc(OC)c3c2=O)cc1. The van der Waals surface area contributed by atoms with Gasteiger partial charge in [0.15, 0.2) is 23.1 Å². The minimum Gasteiger partial charge on any atom is -0.497 e. The highest BCUT2D eigenvalue weighted by molar-refractivity contribution is 7.99. The van der Waals surface area contributed by atoms with Crippen molar-refractivity contribution in [1.82, 2.24) is 14.9 Å². The van der Waals surface area contributed by atoms with E-state index in [0.717, 1.165) is 23.5 Å². The fourth-order valence-electron chi connectivity index (χ4n) is 4.97. The van der Waals surface area contributed by atoms with Gasteiger partial charge in [-0.1, -0.05) is 11.8 Å². The molecule has 14 heteroatoms. The number of aryl methyl sites for hydroxylation is 1. The van der Waals surface area contributed by atoms with Gasteiger partial charge in [-0.3, -0.25) is 4.79 Å². The largest absolute Gasteiger partial charge is 0.497 e. The molecular formula is C35H38N4O9S. The second kappa shape index (κ2) is 16.2. The fraction of sp³-hybridized carbons (Fsp3) is 0.314. The maximum absolute atomic E-state index is 14.0. The molecule has 2 aromatic heterocycles. The Hall–Kier alpha value is -5.37. The van der Waals surface area contributed by atoms with E-state index < -0.39 is 5.43 Å². The second-order valence-corrected chi connectivity index (χ2v) is 11.5. The number of hydrogen-bond acceptors (Lipinski definition) is 13. The Kier molecular flexibility index (Phi) is 11.5. The van der Waals surface area contributed by atoms with Crippen molar-refractivity contribution in [3.05, 3.63) is 70.1 Å². The normalized spacial score (nSPS) is 11.2. The summed E-state index contributed by atoms with van der Waals surface area (Å²) in [5.74, 6) is 4.34. The molecule has 0 unspecified atom stereocenters. The van der Waals surface area contributed by atoms with E-state index in [1.165, 1.54) is 47.3 Å². The van der Waals surface area contributed by atoms with Crippen LogP contribution in [0.3, 0.4) is 0 Å². The molecule has 0 atom stereocenters. The maximum atomic E-state index is 14.0. The van der Waals surface area contributed by atoms with Gasteiger partial charge in [-0.05, 0) is 61.7 Å². The summed E-state index contributed by atoms with van der Waals surface area (Å²) in [5, 5.41) is 13.9. The molecular weight excluding hydrogens is 652 g/mol. The topological polar surface area (TPSA) is 138 Å². The van der Waals surface area contributed by atoms with Crippen LogP contribution >= 0.6 is 11.8 Å². The molecule has 0 amide bonds. The number of benzene rings is 3. The number of unbranched alkanes of at least 4 members (excludes halogenated alkanes) is 1. The smallest absolute Gasteiger partial charge is 0.239 e. The van der Waals surface area contributed by atoms with Crippen LogP contribution in [0.1, 0.15) is 24.2 Å². The lowest BCUT2D eigenvalue weighted by Crippen LogP contribution is -2.12. The van der Waals surface area contributed by atoms with Gasteiger partial charge in [0.05, 0.1) is 55.5 Å². The number of nitrogens with zero attached hydrogens (tertiary/aromatic N) is 4. The molecule has 0 saturated heterocycles. The summed E-state index contributed by atoms with van der Waals surface area (Å²) >= 11 is 1.53. The first-order valence-electron chi connectivity index (χ1n) is 15.2. The molecule has 0 saturated carbocycles. The number of ether oxygens (including phenoxy) is 7. The van der Waals surface area contributed by atoms with Gasteiger partial charge < -0.3 is 37.6 Å². The van der Waals surface area contributed by atoms with E-state index in [1.807, 2.05) is 31.2 Å². The van der Waals surface area contributed by atoms with Crippen molar-refractivity contribution in [3.63, 3.8) is 0 Å². The predicted molar refractivity (Wildman–Crippen MR) is 187 cm³/mol. The van der Waals surface area contributed by atoms with E-state index >= 15 is 0 Å². The third-order valence-electron chi connectivity index (χ3n) is 7.50. The lowest BCUT2D eigenvalue weighted by molar-refractivity contribution is 0.301. The number of rotatable bonds is 16. The van der Waals surface area contributed by atoms with Gasteiger partial charge >= 0.3 is 0 Å². The Morgan fingerprint density at radius 1 is 0.796 bits per heavy atom. The van der Waals surface area contributed by atoms with Gasteiger partial charge in [-0.2, -0.15) is 9.78 Å². The molecule has 0 aliphatic rings. The maximum Gasteiger partial charge on any atom is 0.239 e. The first-order chi connectivity index (χ1) is 23.8. The summed E-state index contributed by atoms with van der Waals surface area (Å²) < 4.78 is 47.0. The van der Waals surface area contributed by atoms with Crippen LogP contribution in [-0.2, 0) is 0 Å². The first-order valence-corrected chi connectivity index (χ1v) is 16.2. The summed E-state index contributed by atoms with van der Waals surface area (Å²) in [6.07, 6.45) is 3.15. The summed E-state index contributed by atoms with van der Waals surface area (Å²) in [4.78, 5) is 14.0. The molecule has 0 aliphatic heterocycles. The van der Waals surface area contributed by atoms with Gasteiger partial charge in [0.25, 0.3) is 0 Å². The first kappa shape index (κ1) is 35.0. The van der Waals surface area contributed by atoms with Crippen LogP contribution in [0.25, 0.3) is 22.3 Å². The van der Waals surface area contributed by atoms with Gasteiger partial charge in [0.1, 0.15) is 28.2 Å². The van der Waals surface area contributed by atoms with Crippen LogP contribution in [0.5, 0.6) is 40.2 Å². The van der Waals surface area contributed by atoms with Crippen LogP contribution in [0, 0.1) is 6.92 Å². The van der Waals surface area contributed by atoms with Gasteiger partial charge in [-0.25, -0.2) is 0 Å². The van der Waals surface area contributed by atoms with E-state index in [-0.39, 0.29) is 29.1 Å². The van der Waals surface area contributed by atoms with Crippen molar-refractivity contribution in [1.29, 1.82) is 0 Å². The standard InChI is InChI=1S/C35H38N4O9S/c1-21-37-38-35(39(21)36-20-22-10-12-24(41-2)13-11-22)49-15-9-8-14-47-34-31(40)30-26(43-4)18-25(42-3)19-27(30)48-32(34)23-16-28(44-5)33(46-7)29(17-23)45-6/h10-13,16-20H,8-9,14-15H2,1-7H3.